The van der Waals surface area contributed by atoms with Crippen LogP contribution in [0.2, 0.25) is 0 Å². The van der Waals surface area contributed by atoms with Crippen LogP contribution in [-0.4, -0.2) is 22.8 Å². The van der Waals surface area contributed by atoms with Crippen LogP contribution >= 0.6 is 0 Å². The number of nitrogens with one attached hydrogen (secondary N) is 2. The van der Waals surface area contributed by atoms with Gasteiger partial charge in [-0.05, 0) is 30.9 Å². The molecule has 0 saturated heterocycles. The maximum Gasteiger partial charge on any atom is 0.247 e. The predicted octanol–water partition coefficient (Wildman–Crippen LogP) is 1.71. The van der Waals surface area contributed by atoms with E-state index in [9.17, 15) is 9.59 Å². The molecule has 0 radical (unpaired) electrons. The van der Waals surface area contributed by atoms with E-state index in [0.29, 0.717) is 5.69 Å². The standard InChI is InChI=1S/C14H19N3O2/c1-10(18)16-13(11-5-2-3-6-11)14(19)17-12-7-4-8-15-9-12/h4,7-9,11,13H,2-3,5-6H2,1H3,(H,16,18)(H,17,19). The smallest absolute Gasteiger partial charge is 0.247 e. The Morgan fingerprint density at radius 1 is 1.37 bits per heavy atom. The van der Waals surface area contributed by atoms with Crippen LogP contribution in [0.25, 0.3) is 0 Å². The van der Waals surface area contributed by atoms with E-state index in [1.807, 2.05) is 0 Å². The molecule has 5 heteroatoms. The Hall–Kier alpha value is -1.91. The number of anilines is 1. The van der Waals surface area contributed by atoms with Crippen LogP contribution in [-0.2, 0) is 9.59 Å². The summed E-state index contributed by atoms with van der Waals surface area (Å²) in [5.41, 5.74) is 0.654. The molecule has 1 fully saturated rings. The molecule has 1 saturated carbocycles. The topological polar surface area (TPSA) is 71.1 Å². The Bertz CT molecular complexity index is 441. The normalized spacial score (nSPS) is 16.9. The molecule has 2 N–H and O–H groups in total. The van der Waals surface area contributed by atoms with Crippen molar-refractivity contribution in [3.05, 3.63) is 24.5 Å². The molecular formula is C14H19N3O2. The zero-order valence-electron chi connectivity index (χ0n) is 11.1. The first-order valence-corrected chi connectivity index (χ1v) is 6.65. The zero-order chi connectivity index (χ0) is 13.7. The molecule has 2 rings (SSSR count). The highest BCUT2D eigenvalue weighted by atomic mass is 16.2. The lowest BCUT2D eigenvalue weighted by atomic mass is 9.97. The van der Waals surface area contributed by atoms with Crippen LogP contribution in [0.5, 0.6) is 0 Å². The number of pyridine rings is 1. The summed E-state index contributed by atoms with van der Waals surface area (Å²) >= 11 is 0. The molecule has 1 heterocycles. The Morgan fingerprint density at radius 3 is 2.68 bits per heavy atom. The van der Waals surface area contributed by atoms with Crippen molar-refractivity contribution in [2.75, 3.05) is 5.32 Å². The van der Waals surface area contributed by atoms with Crippen molar-refractivity contribution in [2.24, 2.45) is 5.92 Å². The van der Waals surface area contributed by atoms with Gasteiger partial charge in [-0.2, -0.15) is 0 Å². The van der Waals surface area contributed by atoms with Gasteiger partial charge in [0.05, 0.1) is 11.9 Å². The maximum atomic E-state index is 12.3. The SMILES string of the molecule is CC(=O)NC(C(=O)Nc1cccnc1)C1CCCC1. The number of rotatable bonds is 4. The number of hydrogen-bond donors (Lipinski definition) is 2. The minimum absolute atomic E-state index is 0.157. The van der Waals surface area contributed by atoms with Gasteiger partial charge in [-0.15, -0.1) is 0 Å². The van der Waals surface area contributed by atoms with Gasteiger partial charge in [0.1, 0.15) is 6.04 Å². The van der Waals surface area contributed by atoms with E-state index >= 15 is 0 Å². The molecule has 19 heavy (non-hydrogen) atoms. The second kappa shape index (κ2) is 6.31. The van der Waals surface area contributed by atoms with Gasteiger partial charge in [-0.1, -0.05) is 12.8 Å². The van der Waals surface area contributed by atoms with Crippen molar-refractivity contribution < 1.29 is 9.59 Å². The van der Waals surface area contributed by atoms with Crippen molar-refractivity contribution in [3.63, 3.8) is 0 Å². The van der Waals surface area contributed by atoms with E-state index in [4.69, 9.17) is 0 Å². The summed E-state index contributed by atoms with van der Waals surface area (Å²) in [6, 6.07) is 3.10. The predicted molar refractivity (Wildman–Crippen MR) is 72.4 cm³/mol. The van der Waals surface area contributed by atoms with Crippen LogP contribution in [0.1, 0.15) is 32.6 Å². The number of aromatic nitrogens is 1. The summed E-state index contributed by atoms with van der Waals surface area (Å²) in [6.45, 7) is 1.44. The summed E-state index contributed by atoms with van der Waals surface area (Å²) < 4.78 is 0. The van der Waals surface area contributed by atoms with Crippen LogP contribution in [0, 0.1) is 5.92 Å². The van der Waals surface area contributed by atoms with Gasteiger partial charge in [0.15, 0.2) is 0 Å². The zero-order valence-corrected chi connectivity index (χ0v) is 11.1. The number of carbonyl (C=O) groups excluding carboxylic acids is 2. The highest BCUT2D eigenvalue weighted by Gasteiger charge is 2.31. The lowest BCUT2D eigenvalue weighted by Crippen LogP contribution is -2.47. The van der Waals surface area contributed by atoms with Crippen LogP contribution in [0.3, 0.4) is 0 Å². The second-order valence-corrected chi connectivity index (χ2v) is 4.95. The summed E-state index contributed by atoms with van der Waals surface area (Å²) in [4.78, 5) is 27.5. The first-order valence-electron chi connectivity index (χ1n) is 6.65. The Morgan fingerprint density at radius 2 is 2.11 bits per heavy atom. The molecule has 1 aromatic rings. The first-order chi connectivity index (χ1) is 9.16. The van der Waals surface area contributed by atoms with Crippen molar-refractivity contribution >= 4 is 17.5 Å². The lowest BCUT2D eigenvalue weighted by molar-refractivity contribution is -0.126. The Balaban J connectivity index is 2.04. The van der Waals surface area contributed by atoms with Gasteiger partial charge in [0.25, 0.3) is 0 Å². The van der Waals surface area contributed by atoms with Gasteiger partial charge in [0.2, 0.25) is 11.8 Å². The minimum atomic E-state index is -0.444. The molecule has 102 valence electrons. The molecule has 1 aliphatic carbocycles. The fourth-order valence-corrected chi connectivity index (χ4v) is 2.56. The lowest BCUT2D eigenvalue weighted by Gasteiger charge is -2.23. The van der Waals surface area contributed by atoms with Crippen molar-refractivity contribution in [2.45, 2.75) is 38.6 Å². The molecule has 0 spiro atoms. The van der Waals surface area contributed by atoms with Crippen molar-refractivity contribution in [3.8, 4) is 0 Å². The third-order valence-corrected chi connectivity index (χ3v) is 3.44. The van der Waals surface area contributed by atoms with E-state index in [2.05, 4.69) is 15.6 Å². The highest BCUT2D eigenvalue weighted by molar-refractivity contribution is 5.97. The molecular weight excluding hydrogens is 242 g/mol. The quantitative estimate of drug-likeness (QED) is 0.866. The van der Waals surface area contributed by atoms with Gasteiger partial charge >= 0.3 is 0 Å². The number of carbonyl (C=O) groups is 2. The number of amides is 2. The van der Waals surface area contributed by atoms with E-state index in [0.717, 1.165) is 25.7 Å². The van der Waals surface area contributed by atoms with Gasteiger partial charge in [-0.3, -0.25) is 14.6 Å². The maximum absolute atomic E-state index is 12.3. The van der Waals surface area contributed by atoms with E-state index in [-0.39, 0.29) is 17.7 Å². The second-order valence-electron chi connectivity index (χ2n) is 4.95. The van der Waals surface area contributed by atoms with E-state index in [1.54, 1.807) is 24.5 Å². The molecule has 1 aliphatic rings. The van der Waals surface area contributed by atoms with Crippen LogP contribution in [0.4, 0.5) is 5.69 Å². The fourth-order valence-electron chi connectivity index (χ4n) is 2.56. The Labute approximate surface area is 112 Å². The third-order valence-electron chi connectivity index (χ3n) is 3.44. The molecule has 1 aromatic heterocycles. The summed E-state index contributed by atoms with van der Waals surface area (Å²) in [6.07, 6.45) is 7.48. The third kappa shape index (κ3) is 3.77. The Kier molecular flexibility index (Phi) is 4.49. The van der Waals surface area contributed by atoms with Crippen LogP contribution < -0.4 is 10.6 Å². The van der Waals surface area contributed by atoms with E-state index in [1.165, 1.54) is 6.92 Å². The summed E-state index contributed by atoms with van der Waals surface area (Å²) in [7, 11) is 0. The average Bonchev–Trinajstić information content (AvgIpc) is 2.90. The first kappa shape index (κ1) is 13.5. The summed E-state index contributed by atoms with van der Waals surface area (Å²) in [5, 5.41) is 5.58. The molecule has 0 aliphatic heterocycles. The molecule has 2 amide bonds. The van der Waals surface area contributed by atoms with E-state index < -0.39 is 6.04 Å². The highest BCUT2D eigenvalue weighted by Crippen LogP contribution is 2.28. The monoisotopic (exact) mass is 261 g/mol. The molecule has 1 atom stereocenters. The van der Waals surface area contributed by atoms with Crippen molar-refractivity contribution in [1.82, 2.24) is 10.3 Å². The summed E-state index contributed by atoms with van der Waals surface area (Å²) in [5.74, 6) is -0.0890. The fraction of sp³-hybridized carbons (Fsp3) is 0.500. The van der Waals surface area contributed by atoms with Gasteiger partial charge < -0.3 is 10.6 Å². The molecule has 5 nitrogen and oxygen atoms in total. The molecule has 0 bridgehead atoms. The van der Waals surface area contributed by atoms with Crippen LogP contribution in [0.15, 0.2) is 24.5 Å². The average molecular weight is 261 g/mol. The molecule has 0 aromatic carbocycles. The number of nitrogens with zero attached hydrogens (tertiary/aromatic N) is 1. The number of hydrogen-bond acceptors (Lipinski definition) is 3. The largest absolute Gasteiger partial charge is 0.344 e. The van der Waals surface area contributed by atoms with Gasteiger partial charge in [-0.25, -0.2) is 0 Å². The van der Waals surface area contributed by atoms with Crippen molar-refractivity contribution in [1.29, 1.82) is 0 Å². The minimum Gasteiger partial charge on any atom is -0.344 e. The van der Waals surface area contributed by atoms with Gasteiger partial charge in [0, 0.05) is 13.1 Å². The molecule has 1 unspecified atom stereocenters.